The standard InChI is InChI=1S/C28H40O6/c1-15(2)11-18(23-25(32)19(13-29)24(31)20(14-30)26(23)33)21-8-7-16(3)22-12-17(27(4,5)34)9-10-28(21,22)6/h13-15,17-18,21-22,31-34H,3,7-12H2,1-2,4-6H3/t17?,18?,21-,22+,28-/m0/s1. The molecule has 6 nitrogen and oxygen atoms in total. The minimum atomic E-state index is -0.781. The van der Waals surface area contributed by atoms with Crippen LogP contribution < -0.4 is 0 Å². The Bertz CT molecular complexity index is 937. The lowest BCUT2D eigenvalue weighted by molar-refractivity contribution is -0.0652. The number of phenols is 3. The van der Waals surface area contributed by atoms with Crippen molar-refractivity contribution in [1.29, 1.82) is 0 Å². The van der Waals surface area contributed by atoms with E-state index in [1.807, 2.05) is 13.8 Å². The summed E-state index contributed by atoms with van der Waals surface area (Å²) in [5, 5.41) is 43.1. The van der Waals surface area contributed by atoms with E-state index < -0.39 is 22.8 Å². The van der Waals surface area contributed by atoms with Crippen molar-refractivity contribution >= 4 is 12.6 Å². The number of allylic oxidation sites excluding steroid dienone is 1. The van der Waals surface area contributed by atoms with Gasteiger partial charge in [0.1, 0.15) is 17.2 Å². The third-order valence-electron chi connectivity index (χ3n) is 8.81. The van der Waals surface area contributed by atoms with E-state index in [1.54, 1.807) is 0 Å². The van der Waals surface area contributed by atoms with Crippen molar-refractivity contribution in [3.8, 4) is 17.2 Å². The molecule has 2 fully saturated rings. The quantitative estimate of drug-likeness (QED) is 0.298. The van der Waals surface area contributed by atoms with Gasteiger partial charge in [0.25, 0.3) is 0 Å². The van der Waals surface area contributed by atoms with Crippen LogP contribution in [0.3, 0.4) is 0 Å². The number of aromatic hydroxyl groups is 3. The summed E-state index contributed by atoms with van der Waals surface area (Å²) in [7, 11) is 0. The highest BCUT2D eigenvalue weighted by atomic mass is 16.3. The van der Waals surface area contributed by atoms with E-state index in [1.165, 1.54) is 5.57 Å². The van der Waals surface area contributed by atoms with E-state index in [0.717, 1.165) is 32.1 Å². The van der Waals surface area contributed by atoms with Gasteiger partial charge in [0, 0.05) is 5.56 Å². The van der Waals surface area contributed by atoms with Gasteiger partial charge >= 0.3 is 0 Å². The molecular formula is C28H40O6. The van der Waals surface area contributed by atoms with Crippen molar-refractivity contribution in [3.05, 3.63) is 28.8 Å². The van der Waals surface area contributed by atoms with Gasteiger partial charge in [-0.2, -0.15) is 0 Å². The van der Waals surface area contributed by atoms with Crippen molar-refractivity contribution in [2.75, 3.05) is 0 Å². The molecule has 2 unspecified atom stereocenters. The average Bonchev–Trinajstić information content (AvgIpc) is 2.72. The fraction of sp³-hybridized carbons (Fsp3) is 0.643. The number of carbonyl (C=O) groups is 2. The van der Waals surface area contributed by atoms with Crippen LogP contribution in [0.1, 0.15) is 105 Å². The molecule has 34 heavy (non-hydrogen) atoms. The Kier molecular flexibility index (Phi) is 7.24. The number of rotatable bonds is 7. The van der Waals surface area contributed by atoms with Gasteiger partial charge < -0.3 is 20.4 Å². The summed E-state index contributed by atoms with van der Waals surface area (Å²) >= 11 is 0. The predicted octanol–water partition coefficient (Wildman–Crippen LogP) is 5.72. The molecular weight excluding hydrogens is 432 g/mol. The summed E-state index contributed by atoms with van der Waals surface area (Å²) in [6.07, 6.45) is 5.46. The largest absolute Gasteiger partial charge is 0.507 e. The minimum Gasteiger partial charge on any atom is -0.507 e. The van der Waals surface area contributed by atoms with E-state index in [9.17, 15) is 30.0 Å². The molecule has 2 saturated carbocycles. The summed E-state index contributed by atoms with van der Waals surface area (Å²) in [4.78, 5) is 23.4. The molecule has 0 bridgehead atoms. The van der Waals surface area contributed by atoms with Gasteiger partial charge in [-0.15, -0.1) is 0 Å². The fourth-order valence-electron chi connectivity index (χ4n) is 6.89. The predicted molar refractivity (Wildman–Crippen MR) is 132 cm³/mol. The fourth-order valence-corrected chi connectivity index (χ4v) is 6.89. The Morgan fingerprint density at radius 3 is 2.09 bits per heavy atom. The zero-order valence-corrected chi connectivity index (χ0v) is 21.1. The molecule has 2 aliphatic rings. The summed E-state index contributed by atoms with van der Waals surface area (Å²) in [5.41, 5.74) is -0.338. The van der Waals surface area contributed by atoms with Crippen LogP contribution in [0, 0.1) is 29.1 Å². The number of carbonyl (C=O) groups excluding carboxylic acids is 2. The molecule has 0 aromatic heterocycles. The molecule has 0 heterocycles. The Hall–Kier alpha value is -2.34. The highest BCUT2D eigenvalue weighted by Crippen LogP contribution is 2.63. The molecule has 0 saturated heterocycles. The second-order valence-corrected chi connectivity index (χ2v) is 11.7. The number of hydrogen-bond acceptors (Lipinski definition) is 6. The first kappa shape index (κ1) is 26.3. The number of phenolic OH excluding ortho intramolecular Hbond substituents is 3. The van der Waals surface area contributed by atoms with Crippen molar-refractivity contribution in [2.45, 2.75) is 84.7 Å². The topological polar surface area (TPSA) is 115 Å². The summed E-state index contributed by atoms with van der Waals surface area (Å²) < 4.78 is 0. The third-order valence-corrected chi connectivity index (χ3v) is 8.81. The molecule has 188 valence electrons. The maximum Gasteiger partial charge on any atom is 0.157 e. The lowest BCUT2D eigenvalue weighted by Gasteiger charge is -2.57. The first-order chi connectivity index (χ1) is 15.8. The Balaban J connectivity index is 2.17. The highest BCUT2D eigenvalue weighted by molar-refractivity contribution is 5.95. The van der Waals surface area contributed by atoms with Gasteiger partial charge in [-0.3, -0.25) is 9.59 Å². The van der Waals surface area contributed by atoms with Crippen molar-refractivity contribution in [2.24, 2.45) is 29.1 Å². The molecule has 1 aromatic carbocycles. The Morgan fingerprint density at radius 2 is 1.62 bits per heavy atom. The first-order valence-electron chi connectivity index (χ1n) is 12.4. The zero-order chi connectivity index (χ0) is 25.6. The number of hydrogen-bond donors (Lipinski definition) is 4. The molecule has 0 spiro atoms. The normalized spacial score (nSPS) is 28.4. The summed E-state index contributed by atoms with van der Waals surface area (Å²) in [6, 6.07) is 0. The van der Waals surface area contributed by atoms with Gasteiger partial charge in [0.15, 0.2) is 12.6 Å². The zero-order valence-electron chi connectivity index (χ0n) is 21.1. The maximum atomic E-state index is 11.7. The SMILES string of the molecule is C=C1CC[C@@H](C(CC(C)C)c2c(O)c(C=O)c(O)c(C=O)c2O)[C@]2(C)CCC(C(C)(C)O)C[C@H]12. The molecule has 0 amide bonds. The van der Waals surface area contributed by atoms with Gasteiger partial charge in [-0.25, -0.2) is 0 Å². The second kappa shape index (κ2) is 9.37. The highest BCUT2D eigenvalue weighted by Gasteiger charge is 2.53. The van der Waals surface area contributed by atoms with Crippen LogP contribution in [-0.2, 0) is 0 Å². The molecule has 0 radical (unpaired) electrons. The van der Waals surface area contributed by atoms with Crippen molar-refractivity contribution < 1.29 is 30.0 Å². The molecule has 3 rings (SSSR count). The molecule has 2 aliphatic carbocycles. The van der Waals surface area contributed by atoms with Crippen LogP contribution in [0.25, 0.3) is 0 Å². The van der Waals surface area contributed by atoms with Crippen molar-refractivity contribution in [1.82, 2.24) is 0 Å². The van der Waals surface area contributed by atoms with E-state index in [-0.39, 0.29) is 51.7 Å². The lowest BCUT2D eigenvalue weighted by Crippen LogP contribution is -2.49. The van der Waals surface area contributed by atoms with Crippen LogP contribution in [0.2, 0.25) is 0 Å². The monoisotopic (exact) mass is 472 g/mol. The minimum absolute atomic E-state index is 0.0495. The molecule has 5 atom stereocenters. The summed E-state index contributed by atoms with van der Waals surface area (Å²) in [5.74, 6) is -1.31. The average molecular weight is 473 g/mol. The first-order valence-corrected chi connectivity index (χ1v) is 12.4. The van der Waals surface area contributed by atoms with Gasteiger partial charge in [0.2, 0.25) is 0 Å². The molecule has 4 N–H and O–H groups in total. The third kappa shape index (κ3) is 4.37. The van der Waals surface area contributed by atoms with Gasteiger partial charge in [-0.05, 0) is 87.4 Å². The van der Waals surface area contributed by atoms with Crippen LogP contribution in [0.15, 0.2) is 12.2 Å². The Morgan fingerprint density at radius 1 is 1.06 bits per heavy atom. The smallest absolute Gasteiger partial charge is 0.157 e. The number of aldehydes is 2. The number of benzene rings is 1. The van der Waals surface area contributed by atoms with Crippen LogP contribution in [-0.4, -0.2) is 38.6 Å². The van der Waals surface area contributed by atoms with Crippen LogP contribution in [0.5, 0.6) is 17.2 Å². The van der Waals surface area contributed by atoms with Gasteiger partial charge in [-0.1, -0.05) is 32.9 Å². The van der Waals surface area contributed by atoms with E-state index >= 15 is 0 Å². The number of aliphatic hydroxyl groups is 1. The van der Waals surface area contributed by atoms with E-state index in [2.05, 4.69) is 27.4 Å². The summed E-state index contributed by atoms with van der Waals surface area (Å²) in [6.45, 7) is 14.5. The lowest BCUT2D eigenvalue weighted by atomic mass is 9.48. The van der Waals surface area contributed by atoms with E-state index in [0.29, 0.717) is 19.0 Å². The van der Waals surface area contributed by atoms with Crippen LogP contribution >= 0.6 is 0 Å². The second-order valence-electron chi connectivity index (χ2n) is 11.7. The number of fused-ring (bicyclic) bond motifs is 1. The van der Waals surface area contributed by atoms with E-state index in [4.69, 9.17) is 0 Å². The molecule has 0 aliphatic heterocycles. The van der Waals surface area contributed by atoms with Gasteiger partial charge in [0.05, 0.1) is 16.7 Å². The Labute approximate surface area is 202 Å². The molecule has 6 heteroatoms. The molecule has 1 aromatic rings. The maximum absolute atomic E-state index is 11.7. The van der Waals surface area contributed by atoms with Crippen molar-refractivity contribution in [3.63, 3.8) is 0 Å². The van der Waals surface area contributed by atoms with Crippen LogP contribution in [0.4, 0.5) is 0 Å².